The van der Waals surface area contributed by atoms with E-state index in [0.717, 1.165) is 12.1 Å². The molecule has 1 rings (SSSR count). The van der Waals surface area contributed by atoms with Crippen LogP contribution in [0.3, 0.4) is 0 Å². The molecule has 2 atom stereocenters. The molecule has 2 nitrogen and oxygen atoms in total. The van der Waals surface area contributed by atoms with E-state index in [2.05, 4.69) is 0 Å². The highest BCUT2D eigenvalue weighted by Gasteiger charge is 2.38. The SMILES string of the molecule is Cl.N[C@@H](C[C@@H](O)c1cc(F)ccc1F)C(F)(F)F. The van der Waals surface area contributed by atoms with E-state index >= 15 is 0 Å². The fourth-order valence-corrected chi connectivity index (χ4v) is 1.27. The van der Waals surface area contributed by atoms with E-state index in [1.54, 1.807) is 0 Å². The third kappa shape index (κ3) is 4.40. The van der Waals surface area contributed by atoms with Gasteiger partial charge in [0, 0.05) is 12.0 Å². The van der Waals surface area contributed by atoms with Gasteiger partial charge in [-0.1, -0.05) is 0 Å². The van der Waals surface area contributed by atoms with Crippen molar-refractivity contribution in [2.75, 3.05) is 0 Å². The molecule has 0 unspecified atom stereocenters. The summed E-state index contributed by atoms with van der Waals surface area (Å²) in [6, 6.07) is -0.120. The molecule has 0 saturated heterocycles. The van der Waals surface area contributed by atoms with Gasteiger partial charge < -0.3 is 10.8 Å². The van der Waals surface area contributed by atoms with Crippen LogP contribution in [0.25, 0.3) is 0 Å². The first kappa shape index (κ1) is 17.1. The van der Waals surface area contributed by atoms with E-state index in [-0.39, 0.29) is 12.4 Å². The highest BCUT2D eigenvalue weighted by molar-refractivity contribution is 5.85. The van der Waals surface area contributed by atoms with Crippen molar-refractivity contribution in [1.82, 2.24) is 0 Å². The molecule has 18 heavy (non-hydrogen) atoms. The van der Waals surface area contributed by atoms with Gasteiger partial charge >= 0.3 is 6.18 Å². The molecule has 0 aliphatic heterocycles. The summed E-state index contributed by atoms with van der Waals surface area (Å²) in [6.07, 6.45) is -7.42. The summed E-state index contributed by atoms with van der Waals surface area (Å²) in [5.41, 5.74) is 4.24. The standard InChI is InChI=1S/C10H10F5NO.ClH/c11-5-1-2-7(12)6(3-5)8(17)4-9(16)10(13,14)15;/h1-3,8-9,17H,4,16H2;1H/t8-,9+;/m1./s1. The Morgan fingerprint density at radius 1 is 1.22 bits per heavy atom. The third-order valence-electron chi connectivity index (χ3n) is 2.21. The number of aliphatic hydroxyl groups is 1. The maximum Gasteiger partial charge on any atom is 0.403 e. The van der Waals surface area contributed by atoms with Crippen molar-refractivity contribution in [2.24, 2.45) is 5.73 Å². The molecule has 0 aliphatic rings. The predicted octanol–water partition coefficient (Wildman–Crippen LogP) is 2.70. The van der Waals surface area contributed by atoms with Crippen molar-refractivity contribution in [1.29, 1.82) is 0 Å². The molecule has 0 aliphatic carbocycles. The molecule has 1 aromatic rings. The normalized spacial score (nSPS) is 14.8. The second kappa shape index (κ2) is 6.31. The maximum absolute atomic E-state index is 13.1. The van der Waals surface area contributed by atoms with Gasteiger partial charge in [0.15, 0.2) is 0 Å². The van der Waals surface area contributed by atoms with E-state index in [9.17, 15) is 27.1 Å². The number of benzene rings is 1. The minimum absolute atomic E-state index is 0. The van der Waals surface area contributed by atoms with Crippen LogP contribution in [-0.2, 0) is 0 Å². The van der Waals surface area contributed by atoms with Crippen molar-refractivity contribution in [2.45, 2.75) is 24.7 Å². The van der Waals surface area contributed by atoms with Crippen LogP contribution in [-0.4, -0.2) is 17.3 Å². The first-order chi connectivity index (χ1) is 7.71. The molecule has 8 heteroatoms. The summed E-state index contributed by atoms with van der Waals surface area (Å²) in [7, 11) is 0. The maximum atomic E-state index is 13.1. The average Bonchev–Trinajstić information content (AvgIpc) is 2.20. The topological polar surface area (TPSA) is 46.2 Å². The number of rotatable bonds is 3. The average molecular weight is 292 g/mol. The van der Waals surface area contributed by atoms with Crippen LogP contribution < -0.4 is 5.73 Å². The zero-order chi connectivity index (χ0) is 13.2. The number of aliphatic hydroxyl groups excluding tert-OH is 1. The summed E-state index contributed by atoms with van der Waals surface area (Å²) in [5.74, 6) is -1.82. The number of halogens is 6. The van der Waals surface area contributed by atoms with Gasteiger partial charge in [-0.25, -0.2) is 8.78 Å². The Morgan fingerprint density at radius 3 is 2.28 bits per heavy atom. The number of nitrogens with two attached hydrogens (primary N) is 1. The van der Waals surface area contributed by atoms with Crippen molar-refractivity contribution in [3.8, 4) is 0 Å². The molecule has 0 spiro atoms. The number of alkyl halides is 3. The van der Waals surface area contributed by atoms with Crippen molar-refractivity contribution in [3.05, 3.63) is 35.4 Å². The molecule has 104 valence electrons. The lowest BCUT2D eigenvalue weighted by molar-refractivity contribution is -0.154. The molecule has 0 aromatic heterocycles. The molecular formula is C10H11ClF5NO. The molecule has 1 aromatic carbocycles. The van der Waals surface area contributed by atoms with E-state index in [1.807, 2.05) is 0 Å². The Balaban J connectivity index is 0.00000289. The van der Waals surface area contributed by atoms with Crippen LogP contribution in [0.4, 0.5) is 22.0 Å². The fraction of sp³-hybridized carbons (Fsp3) is 0.400. The van der Waals surface area contributed by atoms with E-state index in [1.165, 1.54) is 0 Å². The van der Waals surface area contributed by atoms with Crippen molar-refractivity contribution < 1.29 is 27.1 Å². The monoisotopic (exact) mass is 291 g/mol. The summed E-state index contributed by atoms with van der Waals surface area (Å²) >= 11 is 0. The largest absolute Gasteiger partial charge is 0.403 e. The Kier molecular flexibility index (Phi) is 5.98. The third-order valence-corrected chi connectivity index (χ3v) is 2.21. The van der Waals surface area contributed by atoms with Gasteiger partial charge in [0.2, 0.25) is 0 Å². The lowest BCUT2D eigenvalue weighted by atomic mass is 10.0. The first-order valence-corrected chi connectivity index (χ1v) is 4.67. The van der Waals surface area contributed by atoms with Gasteiger partial charge in [0.1, 0.15) is 17.7 Å². The quantitative estimate of drug-likeness (QED) is 0.841. The van der Waals surface area contributed by atoms with Crippen LogP contribution in [0, 0.1) is 11.6 Å². The zero-order valence-electron chi connectivity index (χ0n) is 8.92. The second-order valence-corrected chi connectivity index (χ2v) is 3.57. The summed E-state index contributed by atoms with van der Waals surface area (Å²) in [6.45, 7) is 0. The smallest absolute Gasteiger partial charge is 0.388 e. The van der Waals surface area contributed by atoms with Crippen molar-refractivity contribution >= 4 is 12.4 Å². The van der Waals surface area contributed by atoms with Crippen LogP contribution in [0.1, 0.15) is 18.1 Å². The van der Waals surface area contributed by atoms with E-state index < -0.39 is 41.9 Å². The van der Waals surface area contributed by atoms with Gasteiger partial charge in [-0.15, -0.1) is 12.4 Å². The highest BCUT2D eigenvalue weighted by atomic mass is 35.5. The van der Waals surface area contributed by atoms with Crippen LogP contribution in [0.15, 0.2) is 18.2 Å². The number of hydrogen-bond donors (Lipinski definition) is 2. The molecule has 0 amide bonds. The summed E-state index contributed by atoms with van der Waals surface area (Å²) in [4.78, 5) is 0. The first-order valence-electron chi connectivity index (χ1n) is 4.67. The molecule has 0 bridgehead atoms. The van der Waals surface area contributed by atoms with Gasteiger partial charge in [0.25, 0.3) is 0 Å². The molecule has 0 heterocycles. The summed E-state index contributed by atoms with van der Waals surface area (Å²) < 4.78 is 62.2. The minimum Gasteiger partial charge on any atom is -0.388 e. The molecular weight excluding hydrogens is 281 g/mol. The minimum atomic E-state index is -4.69. The second-order valence-electron chi connectivity index (χ2n) is 3.57. The Hall–Kier alpha value is -0.920. The Labute approximate surface area is 106 Å². The Morgan fingerprint density at radius 2 is 1.78 bits per heavy atom. The molecule has 0 saturated carbocycles. The highest BCUT2D eigenvalue weighted by Crippen LogP contribution is 2.28. The van der Waals surface area contributed by atoms with Gasteiger partial charge in [-0.05, 0) is 18.2 Å². The van der Waals surface area contributed by atoms with Gasteiger partial charge in [-0.3, -0.25) is 0 Å². The Bertz CT molecular complexity index is 398. The molecule has 3 N–H and O–H groups in total. The van der Waals surface area contributed by atoms with Gasteiger partial charge in [-0.2, -0.15) is 13.2 Å². The molecule has 0 fully saturated rings. The van der Waals surface area contributed by atoms with Gasteiger partial charge in [0.05, 0.1) is 6.10 Å². The predicted molar refractivity (Wildman–Crippen MR) is 57.2 cm³/mol. The lowest BCUT2D eigenvalue weighted by Gasteiger charge is -2.19. The van der Waals surface area contributed by atoms with Crippen LogP contribution in [0.2, 0.25) is 0 Å². The summed E-state index contributed by atoms with van der Waals surface area (Å²) in [5, 5.41) is 9.37. The van der Waals surface area contributed by atoms with Crippen LogP contribution in [0.5, 0.6) is 0 Å². The fourth-order valence-electron chi connectivity index (χ4n) is 1.27. The van der Waals surface area contributed by atoms with E-state index in [4.69, 9.17) is 5.73 Å². The molecule has 0 radical (unpaired) electrons. The van der Waals surface area contributed by atoms with Crippen molar-refractivity contribution in [3.63, 3.8) is 0 Å². The number of hydrogen-bond acceptors (Lipinski definition) is 2. The zero-order valence-corrected chi connectivity index (χ0v) is 9.73. The van der Waals surface area contributed by atoms with E-state index in [0.29, 0.717) is 6.07 Å². The van der Waals surface area contributed by atoms with Crippen LogP contribution >= 0.6 is 12.4 Å². The lowest BCUT2D eigenvalue weighted by Crippen LogP contribution is -2.38.